The molecule has 1 aromatic heterocycles. The fourth-order valence-electron chi connectivity index (χ4n) is 3.34. The van der Waals surface area contributed by atoms with E-state index in [1.807, 2.05) is 18.5 Å². The Morgan fingerprint density at radius 3 is 2.70 bits per heavy atom. The minimum atomic E-state index is -0.781. The Labute approximate surface area is 118 Å². The molecule has 0 saturated heterocycles. The second-order valence-electron chi connectivity index (χ2n) is 6.21. The van der Waals surface area contributed by atoms with Gasteiger partial charge in [-0.3, -0.25) is 10.1 Å². The summed E-state index contributed by atoms with van der Waals surface area (Å²) in [7, 11) is 0. The standard InChI is InChI=1S/C14H22N4O2/c1-9-15-10(2)18(17-9)12-4-3-7-14(8-12,13(19)20)16-11-5-6-11/h11-12,16H,3-8H2,1-2H3,(H,19,20). The fraction of sp³-hybridized carbons (Fsp3) is 0.786. The molecular weight excluding hydrogens is 256 g/mol. The molecule has 0 bridgehead atoms. The van der Waals surface area contributed by atoms with Crippen LogP contribution in [0.25, 0.3) is 0 Å². The smallest absolute Gasteiger partial charge is 0.323 e. The van der Waals surface area contributed by atoms with E-state index in [2.05, 4.69) is 15.4 Å². The summed E-state index contributed by atoms with van der Waals surface area (Å²) >= 11 is 0. The molecule has 2 unspecified atom stereocenters. The summed E-state index contributed by atoms with van der Waals surface area (Å²) in [6.07, 6.45) is 5.40. The van der Waals surface area contributed by atoms with Crippen LogP contribution in [-0.4, -0.2) is 37.4 Å². The molecule has 1 heterocycles. The number of nitrogens with one attached hydrogen (secondary N) is 1. The quantitative estimate of drug-likeness (QED) is 0.874. The number of carboxylic acid groups (broad SMARTS) is 1. The Morgan fingerprint density at radius 1 is 1.40 bits per heavy atom. The molecule has 0 radical (unpaired) electrons. The van der Waals surface area contributed by atoms with Crippen molar-refractivity contribution in [2.75, 3.05) is 0 Å². The second-order valence-corrected chi connectivity index (χ2v) is 6.21. The van der Waals surface area contributed by atoms with Crippen LogP contribution in [0.5, 0.6) is 0 Å². The van der Waals surface area contributed by atoms with E-state index in [0.717, 1.165) is 37.3 Å². The van der Waals surface area contributed by atoms with E-state index in [0.29, 0.717) is 18.9 Å². The van der Waals surface area contributed by atoms with Crippen molar-refractivity contribution in [2.45, 2.75) is 70.0 Å². The number of carbonyl (C=O) groups is 1. The van der Waals surface area contributed by atoms with Gasteiger partial charge in [0.15, 0.2) is 0 Å². The van der Waals surface area contributed by atoms with Gasteiger partial charge in [0.2, 0.25) is 0 Å². The van der Waals surface area contributed by atoms with Crippen molar-refractivity contribution in [3.63, 3.8) is 0 Å². The summed E-state index contributed by atoms with van der Waals surface area (Å²) in [5.41, 5.74) is -0.781. The zero-order chi connectivity index (χ0) is 14.3. The van der Waals surface area contributed by atoms with Crippen LogP contribution < -0.4 is 5.32 Å². The lowest BCUT2D eigenvalue weighted by Gasteiger charge is -2.38. The van der Waals surface area contributed by atoms with Gasteiger partial charge >= 0.3 is 5.97 Å². The molecule has 2 N–H and O–H groups in total. The maximum Gasteiger partial charge on any atom is 0.323 e. The Bertz CT molecular complexity index is 523. The summed E-state index contributed by atoms with van der Waals surface area (Å²) in [5.74, 6) is 0.910. The summed E-state index contributed by atoms with van der Waals surface area (Å²) in [6.45, 7) is 3.81. The van der Waals surface area contributed by atoms with Crippen molar-refractivity contribution >= 4 is 5.97 Å². The van der Waals surface area contributed by atoms with Crippen molar-refractivity contribution in [3.05, 3.63) is 11.6 Å². The Hall–Kier alpha value is -1.43. The molecule has 1 aromatic rings. The van der Waals surface area contributed by atoms with Gasteiger partial charge in [0, 0.05) is 6.04 Å². The number of rotatable bonds is 4. The molecule has 0 aromatic carbocycles. The van der Waals surface area contributed by atoms with E-state index in [4.69, 9.17) is 0 Å². The maximum absolute atomic E-state index is 11.8. The second kappa shape index (κ2) is 4.84. The number of aliphatic carboxylic acids is 1. The average Bonchev–Trinajstić information content (AvgIpc) is 3.13. The predicted molar refractivity (Wildman–Crippen MR) is 73.5 cm³/mol. The van der Waals surface area contributed by atoms with Crippen LogP contribution in [0.4, 0.5) is 0 Å². The molecule has 6 nitrogen and oxygen atoms in total. The highest BCUT2D eigenvalue weighted by Crippen LogP contribution is 2.38. The normalized spacial score (nSPS) is 30.4. The molecule has 0 aliphatic heterocycles. The lowest BCUT2D eigenvalue weighted by atomic mass is 9.78. The molecule has 2 aliphatic carbocycles. The molecule has 6 heteroatoms. The zero-order valence-corrected chi connectivity index (χ0v) is 12.1. The molecule has 0 amide bonds. The highest BCUT2D eigenvalue weighted by atomic mass is 16.4. The predicted octanol–water partition coefficient (Wildman–Crippen LogP) is 1.59. The van der Waals surface area contributed by atoms with Crippen molar-refractivity contribution in [1.29, 1.82) is 0 Å². The van der Waals surface area contributed by atoms with Crippen molar-refractivity contribution in [2.24, 2.45) is 0 Å². The van der Waals surface area contributed by atoms with Crippen LogP contribution in [0.15, 0.2) is 0 Å². The minimum absolute atomic E-state index is 0.132. The van der Waals surface area contributed by atoms with Gasteiger partial charge in [0.1, 0.15) is 17.2 Å². The first kappa shape index (κ1) is 13.5. The lowest BCUT2D eigenvalue weighted by molar-refractivity contribution is -0.147. The maximum atomic E-state index is 11.8. The third-order valence-corrected chi connectivity index (χ3v) is 4.45. The molecule has 2 saturated carbocycles. The molecule has 2 atom stereocenters. The van der Waals surface area contributed by atoms with E-state index < -0.39 is 11.5 Å². The number of nitrogens with zero attached hydrogens (tertiary/aromatic N) is 3. The third kappa shape index (κ3) is 2.44. The molecule has 110 valence electrons. The van der Waals surface area contributed by atoms with Crippen LogP contribution >= 0.6 is 0 Å². The number of hydrogen-bond donors (Lipinski definition) is 2. The van der Waals surface area contributed by atoms with Gasteiger partial charge in [-0.25, -0.2) is 9.67 Å². The highest BCUT2D eigenvalue weighted by molar-refractivity contribution is 5.79. The van der Waals surface area contributed by atoms with Gasteiger partial charge in [-0.2, -0.15) is 5.10 Å². The van der Waals surface area contributed by atoms with Crippen molar-refractivity contribution in [3.8, 4) is 0 Å². The van der Waals surface area contributed by atoms with Gasteiger partial charge < -0.3 is 5.11 Å². The summed E-state index contributed by atoms with van der Waals surface area (Å²) < 4.78 is 1.92. The zero-order valence-electron chi connectivity index (χ0n) is 12.1. The monoisotopic (exact) mass is 278 g/mol. The first-order valence-corrected chi connectivity index (χ1v) is 7.41. The van der Waals surface area contributed by atoms with Crippen LogP contribution in [0, 0.1) is 13.8 Å². The van der Waals surface area contributed by atoms with Gasteiger partial charge in [0.25, 0.3) is 0 Å². The number of aromatic nitrogens is 3. The first-order chi connectivity index (χ1) is 9.50. The number of carboxylic acids is 1. The van der Waals surface area contributed by atoms with Crippen LogP contribution in [0.2, 0.25) is 0 Å². The van der Waals surface area contributed by atoms with Gasteiger partial charge in [0.05, 0.1) is 6.04 Å². The average molecular weight is 278 g/mol. The molecule has 2 fully saturated rings. The van der Waals surface area contributed by atoms with Crippen LogP contribution in [0.3, 0.4) is 0 Å². The van der Waals surface area contributed by atoms with Crippen molar-refractivity contribution in [1.82, 2.24) is 20.1 Å². The fourth-order valence-corrected chi connectivity index (χ4v) is 3.34. The molecule has 20 heavy (non-hydrogen) atoms. The van der Waals surface area contributed by atoms with Crippen LogP contribution in [-0.2, 0) is 4.79 Å². The largest absolute Gasteiger partial charge is 0.480 e. The Balaban J connectivity index is 1.83. The topological polar surface area (TPSA) is 80.0 Å². The van der Waals surface area contributed by atoms with Crippen LogP contribution in [0.1, 0.15) is 56.2 Å². The van der Waals surface area contributed by atoms with E-state index in [9.17, 15) is 9.90 Å². The summed E-state index contributed by atoms with van der Waals surface area (Å²) in [4.78, 5) is 16.1. The third-order valence-electron chi connectivity index (χ3n) is 4.45. The number of aryl methyl sites for hydroxylation is 2. The van der Waals surface area contributed by atoms with E-state index in [1.54, 1.807) is 0 Å². The van der Waals surface area contributed by atoms with Gasteiger partial charge in [-0.05, 0) is 52.4 Å². The minimum Gasteiger partial charge on any atom is -0.480 e. The highest BCUT2D eigenvalue weighted by Gasteiger charge is 2.46. The SMILES string of the molecule is Cc1nc(C)n(C2CCCC(NC3CC3)(C(=O)O)C2)n1. The van der Waals surface area contributed by atoms with E-state index >= 15 is 0 Å². The van der Waals surface area contributed by atoms with E-state index in [-0.39, 0.29) is 6.04 Å². The van der Waals surface area contributed by atoms with Gasteiger partial charge in [-0.15, -0.1) is 0 Å². The number of hydrogen-bond acceptors (Lipinski definition) is 4. The molecule has 2 aliphatic rings. The van der Waals surface area contributed by atoms with Gasteiger partial charge in [-0.1, -0.05) is 0 Å². The Kier molecular flexibility index (Phi) is 3.28. The molecular formula is C14H22N4O2. The Morgan fingerprint density at radius 2 is 2.15 bits per heavy atom. The lowest BCUT2D eigenvalue weighted by Crippen LogP contribution is -2.56. The van der Waals surface area contributed by atoms with Crippen molar-refractivity contribution < 1.29 is 9.90 Å². The summed E-state index contributed by atoms with van der Waals surface area (Å²) in [5, 5.41) is 17.5. The molecule has 3 rings (SSSR count). The van der Waals surface area contributed by atoms with E-state index in [1.165, 1.54) is 0 Å². The first-order valence-electron chi connectivity index (χ1n) is 7.41. The summed E-state index contributed by atoms with van der Waals surface area (Å²) in [6, 6.07) is 0.524. The molecule has 0 spiro atoms.